The van der Waals surface area contributed by atoms with Crippen molar-refractivity contribution in [2.24, 2.45) is 0 Å². The van der Waals surface area contributed by atoms with E-state index in [4.69, 9.17) is 4.98 Å². The van der Waals surface area contributed by atoms with Gasteiger partial charge < -0.3 is 14.9 Å². The number of anilines is 1. The second-order valence-corrected chi connectivity index (χ2v) is 7.71. The van der Waals surface area contributed by atoms with Crippen molar-refractivity contribution in [3.05, 3.63) is 47.0 Å². The first kappa shape index (κ1) is 17.7. The van der Waals surface area contributed by atoms with Crippen LogP contribution in [0.2, 0.25) is 0 Å². The molecule has 1 fully saturated rings. The number of aromatic nitrogens is 2. The van der Waals surface area contributed by atoms with Gasteiger partial charge in [-0.3, -0.25) is 4.79 Å². The van der Waals surface area contributed by atoms with E-state index in [0.717, 1.165) is 43.0 Å². The highest BCUT2D eigenvalue weighted by Crippen LogP contribution is 2.44. The second-order valence-electron chi connectivity index (χ2n) is 7.71. The number of rotatable bonds is 2. The molecule has 1 N–H and O–H groups in total. The molecule has 1 aliphatic carbocycles. The number of nitrogens with zero attached hydrogens (tertiary/aromatic N) is 4. The normalized spacial score (nSPS) is 21.4. The number of piperidine rings is 1. The van der Waals surface area contributed by atoms with Gasteiger partial charge in [-0.05, 0) is 49.4 Å². The van der Waals surface area contributed by atoms with Crippen LogP contribution in [-0.2, 0) is 11.8 Å². The molecule has 2 heterocycles. The van der Waals surface area contributed by atoms with Crippen molar-refractivity contribution in [3.8, 4) is 5.75 Å². The molecular weight excluding hydrogens is 347 g/mol. The monoisotopic (exact) mass is 370 g/mol. The predicted molar refractivity (Wildman–Crippen MR) is 99.6 cm³/mol. The minimum atomic E-state index is -0.610. The first-order valence-corrected chi connectivity index (χ1v) is 9.21. The van der Waals surface area contributed by atoms with E-state index in [1.165, 1.54) is 12.1 Å². The van der Waals surface area contributed by atoms with Crippen molar-refractivity contribution < 1.29 is 14.3 Å². The number of aromatic hydroxyl groups is 1. The molecule has 1 aliphatic heterocycles. The van der Waals surface area contributed by atoms with E-state index in [2.05, 4.69) is 4.98 Å². The van der Waals surface area contributed by atoms with Crippen LogP contribution in [0.15, 0.2) is 24.4 Å². The maximum atomic E-state index is 14.1. The van der Waals surface area contributed by atoms with Crippen LogP contribution in [0.4, 0.5) is 10.3 Å². The lowest BCUT2D eigenvalue weighted by Crippen LogP contribution is -2.48. The molecule has 1 spiro atoms. The Balaban J connectivity index is 1.66. The van der Waals surface area contributed by atoms with Crippen LogP contribution in [0.1, 0.15) is 40.9 Å². The molecule has 1 aromatic carbocycles. The molecule has 0 saturated carbocycles. The third kappa shape index (κ3) is 3.01. The molecule has 7 heteroatoms. The van der Waals surface area contributed by atoms with Crippen LogP contribution in [0.5, 0.6) is 5.75 Å². The first-order chi connectivity index (χ1) is 12.9. The minimum absolute atomic E-state index is 0.0815. The highest BCUT2D eigenvalue weighted by Gasteiger charge is 2.45. The molecule has 2 aliphatic rings. The minimum Gasteiger partial charge on any atom is -0.508 e. The van der Waals surface area contributed by atoms with E-state index in [1.807, 2.05) is 25.2 Å². The zero-order valence-corrected chi connectivity index (χ0v) is 15.6. The molecule has 1 aromatic heterocycles. The Labute approximate surface area is 157 Å². The van der Waals surface area contributed by atoms with E-state index in [0.29, 0.717) is 19.0 Å². The van der Waals surface area contributed by atoms with Crippen molar-refractivity contribution in [2.45, 2.75) is 31.1 Å². The van der Waals surface area contributed by atoms with Crippen molar-refractivity contribution >= 4 is 11.9 Å². The fraction of sp³-hybridized carbons (Fsp3) is 0.450. The van der Waals surface area contributed by atoms with Gasteiger partial charge in [0.2, 0.25) is 5.95 Å². The number of likely N-dealkylation sites (tertiary alicyclic amines) is 1. The summed E-state index contributed by atoms with van der Waals surface area (Å²) in [6.07, 6.45) is 5.50. The average Bonchev–Trinajstić information content (AvgIpc) is 3.00. The molecule has 0 bridgehead atoms. The maximum absolute atomic E-state index is 14.1. The highest BCUT2D eigenvalue weighted by atomic mass is 19.1. The van der Waals surface area contributed by atoms with Crippen LogP contribution in [0.3, 0.4) is 0 Å². The van der Waals surface area contributed by atoms with Crippen LogP contribution < -0.4 is 4.90 Å². The molecule has 142 valence electrons. The van der Waals surface area contributed by atoms with Crippen molar-refractivity contribution in [1.29, 1.82) is 0 Å². The molecule has 1 amide bonds. The second kappa shape index (κ2) is 6.48. The lowest BCUT2D eigenvalue weighted by molar-refractivity contribution is 0.0628. The topological polar surface area (TPSA) is 69.6 Å². The highest BCUT2D eigenvalue weighted by molar-refractivity contribution is 5.95. The summed E-state index contributed by atoms with van der Waals surface area (Å²) in [7, 11) is 3.81. The van der Waals surface area contributed by atoms with E-state index in [1.54, 1.807) is 4.90 Å². The van der Waals surface area contributed by atoms with Gasteiger partial charge in [-0.2, -0.15) is 0 Å². The molecule has 2 aromatic rings. The number of phenols is 1. The van der Waals surface area contributed by atoms with Crippen LogP contribution in [-0.4, -0.2) is 53.1 Å². The molecular formula is C20H23FN4O2. The van der Waals surface area contributed by atoms with Gasteiger partial charge in [-0.15, -0.1) is 0 Å². The smallest absolute Gasteiger partial charge is 0.256 e. The number of benzene rings is 1. The Morgan fingerprint density at radius 1 is 1.33 bits per heavy atom. The number of aryl methyl sites for hydroxylation is 1. The summed E-state index contributed by atoms with van der Waals surface area (Å²) < 4.78 is 14.1. The Hall–Kier alpha value is -2.70. The van der Waals surface area contributed by atoms with E-state index < -0.39 is 5.82 Å². The van der Waals surface area contributed by atoms with Gasteiger partial charge >= 0.3 is 0 Å². The molecule has 6 nitrogen and oxygen atoms in total. The van der Waals surface area contributed by atoms with Gasteiger partial charge in [0, 0.05) is 38.8 Å². The molecule has 0 radical (unpaired) electrons. The van der Waals surface area contributed by atoms with Gasteiger partial charge in [0.25, 0.3) is 5.91 Å². The van der Waals surface area contributed by atoms with Crippen molar-refractivity contribution in [3.63, 3.8) is 0 Å². The fourth-order valence-electron chi connectivity index (χ4n) is 4.30. The Bertz CT molecular complexity index is 898. The van der Waals surface area contributed by atoms with E-state index in [9.17, 15) is 14.3 Å². The molecule has 1 atom stereocenters. The van der Waals surface area contributed by atoms with Crippen LogP contribution >= 0.6 is 0 Å². The standard InChI is InChI=1S/C20H23FN4O2/c1-24(2)19-22-11-13-6-8-20(17(13)23-19)7-3-9-25(12-20)18(27)15-10-14(26)4-5-16(15)21/h4-5,10-11,26H,3,6-9,12H2,1-2H3. The lowest BCUT2D eigenvalue weighted by atomic mass is 9.77. The molecule has 1 saturated heterocycles. The van der Waals surface area contributed by atoms with E-state index >= 15 is 0 Å². The van der Waals surface area contributed by atoms with Crippen molar-refractivity contribution in [1.82, 2.24) is 14.9 Å². The van der Waals surface area contributed by atoms with Crippen LogP contribution in [0, 0.1) is 5.82 Å². The van der Waals surface area contributed by atoms with Crippen LogP contribution in [0.25, 0.3) is 0 Å². The summed E-state index contributed by atoms with van der Waals surface area (Å²) in [5, 5.41) is 9.64. The third-order valence-electron chi connectivity index (χ3n) is 5.67. The summed E-state index contributed by atoms with van der Waals surface area (Å²) in [5.41, 5.74) is 1.88. The third-order valence-corrected chi connectivity index (χ3v) is 5.67. The predicted octanol–water partition coefficient (Wildman–Crippen LogP) is 2.51. The SMILES string of the molecule is CN(C)c1ncc2c(n1)C1(CCCN(C(=O)c3cc(O)ccc3F)C1)CC2. The van der Waals surface area contributed by atoms with Gasteiger partial charge in [0.05, 0.1) is 11.3 Å². The average molecular weight is 370 g/mol. The summed E-state index contributed by atoms with van der Waals surface area (Å²) >= 11 is 0. The maximum Gasteiger partial charge on any atom is 0.256 e. The number of phenolic OH excluding ortho intramolecular Hbond substituents is 1. The quantitative estimate of drug-likeness (QED) is 0.880. The number of fused-ring (bicyclic) bond motifs is 2. The number of hydrogen-bond acceptors (Lipinski definition) is 5. The summed E-state index contributed by atoms with van der Waals surface area (Å²) in [4.78, 5) is 25.7. The van der Waals surface area contributed by atoms with Gasteiger partial charge in [0.15, 0.2) is 0 Å². The Morgan fingerprint density at radius 3 is 2.93 bits per heavy atom. The van der Waals surface area contributed by atoms with Gasteiger partial charge in [0.1, 0.15) is 11.6 Å². The van der Waals surface area contributed by atoms with Crippen molar-refractivity contribution in [2.75, 3.05) is 32.1 Å². The lowest BCUT2D eigenvalue weighted by Gasteiger charge is -2.40. The number of amides is 1. The zero-order chi connectivity index (χ0) is 19.2. The summed E-state index contributed by atoms with van der Waals surface area (Å²) in [6, 6.07) is 3.58. The summed E-state index contributed by atoms with van der Waals surface area (Å²) in [6.45, 7) is 1.09. The number of carbonyl (C=O) groups excluding carboxylic acids is 1. The fourth-order valence-corrected chi connectivity index (χ4v) is 4.30. The largest absolute Gasteiger partial charge is 0.508 e. The first-order valence-electron chi connectivity index (χ1n) is 9.21. The zero-order valence-electron chi connectivity index (χ0n) is 15.6. The Morgan fingerprint density at radius 2 is 2.15 bits per heavy atom. The van der Waals surface area contributed by atoms with Gasteiger partial charge in [-0.1, -0.05) is 0 Å². The Kier molecular flexibility index (Phi) is 4.25. The molecule has 27 heavy (non-hydrogen) atoms. The molecule has 1 unspecified atom stereocenters. The number of halogens is 1. The molecule has 4 rings (SSSR count). The number of carbonyl (C=O) groups is 1. The number of hydrogen-bond donors (Lipinski definition) is 1. The van der Waals surface area contributed by atoms with Gasteiger partial charge in [-0.25, -0.2) is 14.4 Å². The van der Waals surface area contributed by atoms with E-state index in [-0.39, 0.29) is 22.6 Å². The summed E-state index contributed by atoms with van der Waals surface area (Å²) in [5.74, 6) is -0.433.